The Bertz CT molecular complexity index is 202. The number of aryl methyl sites for hydroxylation is 1. The Kier molecular flexibility index (Phi) is 2.32. The molecule has 0 radical (unpaired) electrons. The number of nitrogens with zero attached hydrogens (tertiary/aromatic N) is 1. The topological polar surface area (TPSA) is 37.9 Å². The van der Waals surface area contributed by atoms with Crippen molar-refractivity contribution in [2.45, 2.75) is 13.8 Å². The lowest BCUT2D eigenvalue weighted by Crippen LogP contribution is -1.91. The predicted molar refractivity (Wildman–Crippen MR) is 42.2 cm³/mol. The summed E-state index contributed by atoms with van der Waals surface area (Å²) in [5.41, 5.74) is 0.953. The van der Waals surface area contributed by atoms with E-state index < -0.39 is 0 Å². The summed E-state index contributed by atoms with van der Waals surface area (Å²) in [4.78, 5) is 0. The Labute approximate surface area is 67.9 Å². The van der Waals surface area contributed by atoms with E-state index in [-0.39, 0.29) is 0 Å². The van der Waals surface area contributed by atoms with Gasteiger partial charge >= 0.3 is 0 Å². The third-order valence-electron chi connectivity index (χ3n) is 1.14. The third kappa shape index (κ3) is 1.31. The molecule has 0 fully saturated rings. The van der Waals surface area contributed by atoms with Crippen LogP contribution in [0.5, 0.6) is 5.75 Å². The molecule has 0 saturated heterocycles. The van der Waals surface area contributed by atoms with Crippen molar-refractivity contribution in [1.29, 1.82) is 0 Å². The number of halogens is 1. The molecule has 1 aromatic heterocycles. The highest BCUT2D eigenvalue weighted by Gasteiger charge is 2.06. The zero-order chi connectivity index (χ0) is 7.56. The molecule has 1 rings (SSSR count). The molecule has 0 bridgehead atoms. The van der Waals surface area contributed by atoms with Gasteiger partial charge in [0.25, 0.3) is 0 Å². The largest absolute Gasteiger partial charge is 0.489 e. The number of aromatic nitrogens is 2. The van der Waals surface area contributed by atoms with E-state index >= 15 is 0 Å². The first-order valence-corrected chi connectivity index (χ1v) is 3.88. The van der Waals surface area contributed by atoms with Gasteiger partial charge in [0.15, 0.2) is 10.4 Å². The van der Waals surface area contributed by atoms with Crippen LogP contribution in [0.3, 0.4) is 0 Å². The first kappa shape index (κ1) is 7.60. The van der Waals surface area contributed by atoms with Crippen molar-refractivity contribution >= 4 is 15.9 Å². The van der Waals surface area contributed by atoms with Crippen molar-refractivity contribution in [3.05, 3.63) is 10.3 Å². The van der Waals surface area contributed by atoms with Crippen LogP contribution in [0.2, 0.25) is 0 Å². The highest BCUT2D eigenvalue weighted by atomic mass is 79.9. The second kappa shape index (κ2) is 3.05. The van der Waals surface area contributed by atoms with Gasteiger partial charge in [-0.25, -0.2) is 0 Å². The van der Waals surface area contributed by atoms with Crippen molar-refractivity contribution < 1.29 is 4.74 Å². The summed E-state index contributed by atoms with van der Waals surface area (Å²) in [5.74, 6) is 0.808. The van der Waals surface area contributed by atoms with Gasteiger partial charge in [-0.1, -0.05) is 0 Å². The fourth-order valence-corrected chi connectivity index (χ4v) is 1.20. The van der Waals surface area contributed by atoms with Gasteiger partial charge in [-0.3, -0.25) is 5.10 Å². The van der Waals surface area contributed by atoms with Crippen LogP contribution in [-0.4, -0.2) is 16.8 Å². The van der Waals surface area contributed by atoms with Crippen molar-refractivity contribution in [3.63, 3.8) is 0 Å². The average Bonchev–Trinajstić information content (AvgIpc) is 2.20. The van der Waals surface area contributed by atoms with Crippen molar-refractivity contribution in [2.24, 2.45) is 0 Å². The number of rotatable bonds is 2. The Hall–Kier alpha value is -0.510. The van der Waals surface area contributed by atoms with Gasteiger partial charge in [0.1, 0.15) is 0 Å². The summed E-state index contributed by atoms with van der Waals surface area (Å²) >= 11 is 3.25. The smallest absolute Gasteiger partial charge is 0.174 e. The Morgan fingerprint density at radius 1 is 1.70 bits per heavy atom. The summed E-state index contributed by atoms with van der Waals surface area (Å²) in [5, 5.41) is 6.70. The Morgan fingerprint density at radius 2 is 2.40 bits per heavy atom. The molecule has 0 saturated carbocycles. The molecule has 0 aliphatic heterocycles. The van der Waals surface area contributed by atoms with E-state index in [0.29, 0.717) is 6.61 Å². The minimum atomic E-state index is 0.666. The molecule has 56 valence electrons. The number of ether oxygens (including phenoxy) is 1. The van der Waals surface area contributed by atoms with E-state index in [2.05, 4.69) is 26.1 Å². The summed E-state index contributed by atoms with van der Waals surface area (Å²) in [6, 6.07) is 0. The maximum absolute atomic E-state index is 5.27. The second-order valence-electron chi connectivity index (χ2n) is 1.90. The van der Waals surface area contributed by atoms with Crippen LogP contribution in [-0.2, 0) is 0 Å². The number of hydrogen-bond acceptors (Lipinski definition) is 2. The quantitative estimate of drug-likeness (QED) is 0.800. The van der Waals surface area contributed by atoms with E-state index in [0.717, 1.165) is 16.0 Å². The molecule has 1 heterocycles. The highest BCUT2D eigenvalue weighted by Crippen LogP contribution is 2.24. The second-order valence-corrected chi connectivity index (χ2v) is 2.65. The molecule has 0 aromatic carbocycles. The summed E-state index contributed by atoms with van der Waals surface area (Å²) in [6.07, 6.45) is 0. The third-order valence-corrected chi connectivity index (χ3v) is 1.68. The van der Waals surface area contributed by atoms with Gasteiger partial charge in [0.2, 0.25) is 0 Å². The van der Waals surface area contributed by atoms with Crippen LogP contribution in [0.1, 0.15) is 12.6 Å². The number of hydrogen-bond donors (Lipinski definition) is 1. The predicted octanol–water partition coefficient (Wildman–Crippen LogP) is 1.88. The monoisotopic (exact) mass is 204 g/mol. The fourth-order valence-electron chi connectivity index (χ4n) is 0.701. The van der Waals surface area contributed by atoms with Gasteiger partial charge in [-0.15, -0.1) is 0 Å². The molecule has 0 amide bonds. The van der Waals surface area contributed by atoms with Gasteiger partial charge in [0, 0.05) is 0 Å². The maximum Gasteiger partial charge on any atom is 0.174 e. The molecule has 0 unspecified atom stereocenters. The van der Waals surface area contributed by atoms with Crippen molar-refractivity contribution in [3.8, 4) is 5.75 Å². The standard InChI is InChI=1S/C6H9BrN2O/c1-3-10-5-4(2)8-9-6(5)7/h3H2,1-2H3,(H,8,9). The zero-order valence-corrected chi connectivity index (χ0v) is 7.53. The first-order valence-electron chi connectivity index (χ1n) is 3.09. The summed E-state index contributed by atoms with van der Waals surface area (Å²) in [7, 11) is 0. The number of nitrogens with one attached hydrogen (secondary N) is 1. The minimum absolute atomic E-state index is 0.666. The molecule has 0 spiro atoms. The molecule has 0 aliphatic rings. The lowest BCUT2D eigenvalue weighted by molar-refractivity contribution is 0.336. The molecule has 0 aliphatic carbocycles. The minimum Gasteiger partial charge on any atom is -0.489 e. The Balaban J connectivity index is 2.87. The SMILES string of the molecule is CCOc1c(Br)n[nH]c1C. The normalized spacial score (nSPS) is 9.90. The fraction of sp³-hybridized carbons (Fsp3) is 0.500. The van der Waals surface area contributed by atoms with E-state index in [1.54, 1.807) is 0 Å². The van der Waals surface area contributed by atoms with Crippen LogP contribution in [0.4, 0.5) is 0 Å². The molecule has 3 nitrogen and oxygen atoms in total. The zero-order valence-electron chi connectivity index (χ0n) is 5.94. The molecule has 10 heavy (non-hydrogen) atoms. The molecule has 4 heteroatoms. The van der Waals surface area contributed by atoms with E-state index in [1.807, 2.05) is 13.8 Å². The van der Waals surface area contributed by atoms with Gasteiger partial charge in [0.05, 0.1) is 12.3 Å². The number of aromatic amines is 1. The van der Waals surface area contributed by atoms with Crippen LogP contribution in [0.25, 0.3) is 0 Å². The molecule has 1 aromatic rings. The molecular weight excluding hydrogens is 196 g/mol. The lowest BCUT2D eigenvalue weighted by atomic mass is 10.4. The van der Waals surface area contributed by atoms with Crippen molar-refractivity contribution in [1.82, 2.24) is 10.2 Å². The van der Waals surface area contributed by atoms with Crippen LogP contribution in [0.15, 0.2) is 4.60 Å². The number of H-pyrrole nitrogens is 1. The van der Waals surface area contributed by atoms with Gasteiger partial charge in [-0.05, 0) is 29.8 Å². The van der Waals surface area contributed by atoms with Crippen LogP contribution < -0.4 is 4.74 Å². The maximum atomic E-state index is 5.27. The van der Waals surface area contributed by atoms with Crippen LogP contribution >= 0.6 is 15.9 Å². The van der Waals surface area contributed by atoms with E-state index in [9.17, 15) is 0 Å². The molecule has 0 atom stereocenters. The Morgan fingerprint density at radius 3 is 2.80 bits per heavy atom. The summed E-state index contributed by atoms with van der Waals surface area (Å²) < 4.78 is 6.01. The molecular formula is C6H9BrN2O. The van der Waals surface area contributed by atoms with Crippen LogP contribution in [0, 0.1) is 6.92 Å². The highest BCUT2D eigenvalue weighted by molar-refractivity contribution is 9.10. The average molecular weight is 205 g/mol. The van der Waals surface area contributed by atoms with E-state index in [1.165, 1.54) is 0 Å². The van der Waals surface area contributed by atoms with Crippen molar-refractivity contribution in [2.75, 3.05) is 6.61 Å². The van der Waals surface area contributed by atoms with Gasteiger partial charge in [-0.2, -0.15) is 5.10 Å². The molecule has 1 N–H and O–H groups in total. The first-order chi connectivity index (χ1) is 4.75. The lowest BCUT2D eigenvalue weighted by Gasteiger charge is -1.99. The van der Waals surface area contributed by atoms with E-state index in [4.69, 9.17) is 4.74 Å². The van der Waals surface area contributed by atoms with Gasteiger partial charge < -0.3 is 4.74 Å². The summed E-state index contributed by atoms with van der Waals surface area (Å²) in [6.45, 7) is 4.53.